The largest absolute Gasteiger partial charge is 0.454 e. The summed E-state index contributed by atoms with van der Waals surface area (Å²) in [6.45, 7) is 2.14. The van der Waals surface area contributed by atoms with E-state index in [0.29, 0.717) is 28.8 Å². The molecule has 3 N–H and O–H groups in total. The van der Waals surface area contributed by atoms with Crippen molar-refractivity contribution in [2.45, 2.75) is 6.92 Å². The monoisotopic (exact) mass is 347 g/mol. The number of imide groups is 1. The summed E-state index contributed by atoms with van der Waals surface area (Å²) in [5.74, 6) is 0.588. The zero-order valence-electron chi connectivity index (χ0n) is 13.1. The van der Waals surface area contributed by atoms with Crippen LogP contribution in [0.4, 0.5) is 10.5 Å². The van der Waals surface area contributed by atoms with E-state index in [1.165, 1.54) is 0 Å². The van der Waals surface area contributed by atoms with Crippen LogP contribution in [0, 0.1) is 0 Å². The van der Waals surface area contributed by atoms with Crippen LogP contribution >= 0.6 is 11.6 Å². The molecule has 0 saturated heterocycles. The smallest absolute Gasteiger partial charge is 0.321 e. The number of para-hydroxylation sites is 3. The molecule has 0 radical (unpaired) electrons. The number of benzene rings is 2. The predicted molar refractivity (Wildman–Crippen MR) is 93.7 cm³/mol. The van der Waals surface area contributed by atoms with Gasteiger partial charge in [0.1, 0.15) is 5.75 Å². The van der Waals surface area contributed by atoms with Crippen molar-refractivity contribution in [3.05, 3.63) is 53.6 Å². The van der Waals surface area contributed by atoms with Crippen molar-refractivity contribution in [1.29, 1.82) is 0 Å². The second-order valence-corrected chi connectivity index (χ2v) is 5.20. The normalized spacial score (nSPS) is 9.92. The Bertz CT molecular complexity index is 722. The Balaban J connectivity index is 2.00. The molecule has 0 atom stereocenters. The van der Waals surface area contributed by atoms with Gasteiger partial charge in [-0.3, -0.25) is 10.1 Å². The molecule has 2 aromatic carbocycles. The van der Waals surface area contributed by atoms with Crippen molar-refractivity contribution in [1.82, 2.24) is 10.6 Å². The molecule has 7 heteroatoms. The number of carbonyl (C=O) groups excluding carboxylic acids is 2. The molecule has 6 nitrogen and oxygen atoms in total. The SMILES string of the molecule is CCNC(=O)NC(=O)CNc1ccccc1Oc1ccccc1Cl. The molecule has 0 aromatic heterocycles. The number of carbonyl (C=O) groups is 2. The Morgan fingerprint density at radius 1 is 1.04 bits per heavy atom. The van der Waals surface area contributed by atoms with Crippen LogP contribution in [0.3, 0.4) is 0 Å². The molecule has 24 heavy (non-hydrogen) atoms. The summed E-state index contributed by atoms with van der Waals surface area (Å²) in [4.78, 5) is 23.0. The lowest BCUT2D eigenvalue weighted by Crippen LogP contribution is -2.41. The maximum Gasteiger partial charge on any atom is 0.321 e. The summed E-state index contributed by atoms with van der Waals surface area (Å²) in [5.41, 5.74) is 0.614. The quantitative estimate of drug-likeness (QED) is 0.748. The zero-order valence-corrected chi connectivity index (χ0v) is 13.9. The van der Waals surface area contributed by atoms with Crippen LogP contribution in [0.15, 0.2) is 48.5 Å². The number of ether oxygens (including phenoxy) is 1. The van der Waals surface area contributed by atoms with Crippen molar-refractivity contribution in [3.8, 4) is 11.5 Å². The number of urea groups is 1. The molecule has 0 aliphatic heterocycles. The summed E-state index contributed by atoms with van der Waals surface area (Å²) in [6.07, 6.45) is 0. The summed E-state index contributed by atoms with van der Waals surface area (Å²) in [5, 5.41) is 8.13. The van der Waals surface area contributed by atoms with Crippen LogP contribution in [-0.4, -0.2) is 25.0 Å². The third-order valence-electron chi connectivity index (χ3n) is 2.97. The van der Waals surface area contributed by atoms with Crippen LogP contribution in [-0.2, 0) is 4.79 Å². The minimum Gasteiger partial charge on any atom is -0.454 e. The lowest BCUT2D eigenvalue weighted by molar-refractivity contribution is -0.118. The van der Waals surface area contributed by atoms with Gasteiger partial charge in [0.25, 0.3) is 0 Å². The highest BCUT2D eigenvalue weighted by molar-refractivity contribution is 6.32. The summed E-state index contributed by atoms with van der Waals surface area (Å²) >= 11 is 6.09. The maximum absolute atomic E-state index is 11.7. The topological polar surface area (TPSA) is 79.5 Å². The van der Waals surface area contributed by atoms with Crippen LogP contribution in [0.25, 0.3) is 0 Å². The van der Waals surface area contributed by atoms with Gasteiger partial charge in [0.05, 0.1) is 17.3 Å². The molecule has 2 rings (SSSR count). The van der Waals surface area contributed by atoms with E-state index < -0.39 is 11.9 Å². The molecule has 0 aliphatic carbocycles. The van der Waals surface area contributed by atoms with Gasteiger partial charge in [-0.2, -0.15) is 0 Å². The van der Waals surface area contributed by atoms with Crippen LogP contribution < -0.4 is 20.7 Å². The molecule has 0 saturated carbocycles. The average Bonchev–Trinajstić information content (AvgIpc) is 2.56. The fraction of sp³-hybridized carbons (Fsp3) is 0.176. The van der Waals surface area contributed by atoms with Gasteiger partial charge in [-0.25, -0.2) is 4.79 Å². The highest BCUT2D eigenvalue weighted by Crippen LogP contribution is 2.33. The first-order chi connectivity index (χ1) is 11.6. The van der Waals surface area contributed by atoms with Gasteiger partial charge >= 0.3 is 6.03 Å². The molecule has 0 spiro atoms. The molecular weight excluding hydrogens is 330 g/mol. The van der Waals surface area contributed by atoms with E-state index >= 15 is 0 Å². The van der Waals surface area contributed by atoms with Crippen LogP contribution in [0.2, 0.25) is 5.02 Å². The Morgan fingerprint density at radius 2 is 1.71 bits per heavy atom. The molecule has 0 heterocycles. The van der Waals surface area contributed by atoms with Gasteiger partial charge in [0.2, 0.25) is 5.91 Å². The number of amides is 3. The van der Waals surface area contributed by atoms with Crippen LogP contribution in [0.1, 0.15) is 6.92 Å². The fourth-order valence-corrected chi connectivity index (χ4v) is 2.07. The Morgan fingerprint density at radius 3 is 2.42 bits per heavy atom. The minimum absolute atomic E-state index is 0.0694. The Labute approximate surface area is 145 Å². The van der Waals surface area contributed by atoms with Crippen molar-refractivity contribution in [2.75, 3.05) is 18.4 Å². The summed E-state index contributed by atoms with van der Waals surface area (Å²) < 4.78 is 5.79. The third kappa shape index (κ3) is 5.17. The minimum atomic E-state index is -0.523. The van der Waals surface area contributed by atoms with Crippen molar-refractivity contribution in [2.24, 2.45) is 0 Å². The van der Waals surface area contributed by atoms with E-state index in [0.717, 1.165) is 0 Å². The van der Waals surface area contributed by atoms with Crippen molar-refractivity contribution in [3.63, 3.8) is 0 Å². The molecule has 3 amide bonds. The van der Waals surface area contributed by atoms with Crippen LogP contribution in [0.5, 0.6) is 11.5 Å². The standard InChI is InChI=1S/C17H18ClN3O3/c1-2-19-17(23)21-16(22)11-20-13-8-4-6-10-15(13)24-14-9-5-3-7-12(14)18/h3-10,20H,2,11H2,1H3,(H2,19,21,22,23). The van der Waals surface area contributed by atoms with Gasteiger partial charge in [-0.15, -0.1) is 0 Å². The second-order valence-electron chi connectivity index (χ2n) is 4.79. The molecular formula is C17H18ClN3O3. The number of nitrogens with one attached hydrogen (secondary N) is 3. The number of hydrogen-bond donors (Lipinski definition) is 3. The maximum atomic E-state index is 11.7. The number of anilines is 1. The lowest BCUT2D eigenvalue weighted by Gasteiger charge is -2.13. The van der Waals surface area contributed by atoms with E-state index in [4.69, 9.17) is 16.3 Å². The molecule has 0 bridgehead atoms. The summed E-state index contributed by atoms with van der Waals surface area (Å²) in [7, 11) is 0. The first-order valence-electron chi connectivity index (χ1n) is 7.43. The number of halogens is 1. The van der Waals surface area contributed by atoms with E-state index in [1.54, 1.807) is 31.2 Å². The Kier molecular flexibility index (Phi) is 6.45. The van der Waals surface area contributed by atoms with E-state index in [1.807, 2.05) is 24.3 Å². The van der Waals surface area contributed by atoms with Gasteiger partial charge in [0.15, 0.2) is 5.75 Å². The average molecular weight is 348 g/mol. The predicted octanol–water partition coefficient (Wildman–Crippen LogP) is 3.39. The van der Waals surface area contributed by atoms with E-state index in [9.17, 15) is 9.59 Å². The first kappa shape index (κ1) is 17.6. The van der Waals surface area contributed by atoms with Crippen molar-refractivity contribution >= 4 is 29.2 Å². The van der Waals surface area contributed by atoms with Gasteiger partial charge in [-0.1, -0.05) is 35.9 Å². The molecule has 0 fully saturated rings. The highest BCUT2D eigenvalue weighted by atomic mass is 35.5. The number of hydrogen-bond acceptors (Lipinski definition) is 4. The van der Waals surface area contributed by atoms with Gasteiger partial charge in [-0.05, 0) is 31.2 Å². The second kappa shape index (κ2) is 8.79. The molecule has 126 valence electrons. The van der Waals surface area contributed by atoms with E-state index in [-0.39, 0.29) is 6.54 Å². The molecule has 2 aromatic rings. The highest BCUT2D eigenvalue weighted by Gasteiger charge is 2.10. The van der Waals surface area contributed by atoms with Gasteiger partial charge < -0.3 is 15.4 Å². The van der Waals surface area contributed by atoms with Gasteiger partial charge in [0, 0.05) is 6.54 Å². The molecule has 0 unspecified atom stereocenters. The Hall–Kier alpha value is -2.73. The van der Waals surface area contributed by atoms with E-state index in [2.05, 4.69) is 16.0 Å². The fourth-order valence-electron chi connectivity index (χ4n) is 1.90. The summed E-state index contributed by atoms with van der Waals surface area (Å²) in [6, 6.07) is 13.7. The number of rotatable bonds is 6. The third-order valence-corrected chi connectivity index (χ3v) is 3.29. The lowest BCUT2D eigenvalue weighted by atomic mass is 10.3. The first-order valence-corrected chi connectivity index (χ1v) is 7.81. The van der Waals surface area contributed by atoms with Crippen molar-refractivity contribution < 1.29 is 14.3 Å². The molecule has 0 aliphatic rings. The zero-order chi connectivity index (χ0) is 17.4.